The van der Waals surface area contributed by atoms with E-state index in [9.17, 15) is 0 Å². The topological polar surface area (TPSA) is 31.4 Å². The molecule has 4 heteroatoms. The van der Waals surface area contributed by atoms with Gasteiger partial charge in [0.15, 0.2) is 5.79 Å². The van der Waals surface area contributed by atoms with Gasteiger partial charge in [-0.2, -0.15) is 0 Å². The number of allylic oxidation sites excluding steroid dienone is 2. The summed E-state index contributed by atoms with van der Waals surface area (Å²) in [6.07, 6.45) is 9.27. The first-order valence-corrected chi connectivity index (χ1v) is 8.98. The number of hydrogen-bond acceptors (Lipinski definition) is 3. The van der Waals surface area contributed by atoms with Crippen LogP contribution in [0.2, 0.25) is 5.02 Å². The molecular weight excluding hydrogens is 310 g/mol. The summed E-state index contributed by atoms with van der Waals surface area (Å²) >= 11 is 6.48. The summed E-state index contributed by atoms with van der Waals surface area (Å²) in [5.74, 6) is -0.454. The summed E-state index contributed by atoms with van der Waals surface area (Å²) in [5, 5.41) is 0.750. The number of nitrogens with zero attached hydrogens (tertiary/aromatic N) is 1. The van der Waals surface area contributed by atoms with E-state index in [0.29, 0.717) is 6.61 Å². The Labute approximate surface area is 145 Å². The molecule has 1 atom stereocenters. The average Bonchev–Trinajstić information content (AvgIpc) is 2.84. The van der Waals surface area contributed by atoms with Crippen LogP contribution in [-0.2, 0) is 15.9 Å². The second-order valence-electron chi connectivity index (χ2n) is 6.55. The Morgan fingerprint density at radius 1 is 1.43 bits per heavy atom. The lowest BCUT2D eigenvalue weighted by molar-refractivity contribution is -0.138. The van der Waals surface area contributed by atoms with Gasteiger partial charge < -0.3 is 9.47 Å². The molecule has 0 saturated carbocycles. The average molecular weight is 338 g/mol. The largest absolute Gasteiger partial charge is 0.348 e. The quantitative estimate of drug-likeness (QED) is 0.666. The van der Waals surface area contributed by atoms with Crippen LogP contribution in [0.25, 0.3) is 5.57 Å². The molecule has 0 bridgehead atoms. The minimum absolute atomic E-state index is 0.152. The molecule has 1 aromatic rings. The molecule has 1 aliphatic rings. The van der Waals surface area contributed by atoms with Crippen LogP contribution in [0.3, 0.4) is 0 Å². The molecule has 3 nitrogen and oxygen atoms in total. The fourth-order valence-electron chi connectivity index (χ4n) is 2.92. The van der Waals surface area contributed by atoms with Crippen molar-refractivity contribution >= 4 is 17.2 Å². The molecule has 0 spiro atoms. The van der Waals surface area contributed by atoms with Crippen LogP contribution in [0, 0.1) is 0 Å². The normalized spacial score (nSPS) is 20.9. The van der Waals surface area contributed by atoms with Gasteiger partial charge in [0.25, 0.3) is 0 Å². The van der Waals surface area contributed by atoms with E-state index in [0.717, 1.165) is 48.4 Å². The Morgan fingerprint density at radius 3 is 2.78 bits per heavy atom. The van der Waals surface area contributed by atoms with Gasteiger partial charge in [0.1, 0.15) is 0 Å². The Balaban J connectivity index is 2.00. The van der Waals surface area contributed by atoms with Crippen LogP contribution in [0.15, 0.2) is 18.3 Å². The summed E-state index contributed by atoms with van der Waals surface area (Å²) in [4.78, 5) is 4.62. The maximum absolute atomic E-state index is 6.48. The molecule has 0 aliphatic carbocycles. The lowest BCUT2D eigenvalue weighted by Crippen LogP contribution is -2.21. The molecule has 1 aromatic heterocycles. The third kappa shape index (κ3) is 5.30. The van der Waals surface area contributed by atoms with Crippen molar-refractivity contribution < 1.29 is 9.47 Å². The molecule has 2 rings (SSSR count). The first kappa shape index (κ1) is 18.4. The molecular formula is C19H28ClNO2. The smallest absolute Gasteiger partial charge is 0.163 e. The highest BCUT2D eigenvalue weighted by Crippen LogP contribution is 2.28. The number of aryl methyl sites for hydroxylation is 1. The minimum Gasteiger partial charge on any atom is -0.348 e. The van der Waals surface area contributed by atoms with Crippen LogP contribution < -0.4 is 0 Å². The summed E-state index contributed by atoms with van der Waals surface area (Å²) in [6.45, 7) is 8.89. The first-order valence-electron chi connectivity index (χ1n) is 8.60. The van der Waals surface area contributed by atoms with Crippen LogP contribution >= 0.6 is 11.6 Å². The Hall–Kier alpha value is -0.900. The molecule has 2 heterocycles. The molecule has 1 aliphatic heterocycles. The fourth-order valence-corrected chi connectivity index (χ4v) is 3.23. The van der Waals surface area contributed by atoms with E-state index in [4.69, 9.17) is 21.1 Å². The lowest BCUT2D eigenvalue weighted by atomic mass is 10.0. The molecule has 0 unspecified atom stereocenters. The number of aromatic nitrogens is 1. The van der Waals surface area contributed by atoms with E-state index >= 15 is 0 Å². The predicted molar refractivity (Wildman–Crippen MR) is 95.6 cm³/mol. The predicted octanol–water partition coefficient (Wildman–Crippen LogP) is 5.41. The summed E-state index contributed by atoms with van der Waals surface area (Å²) in [5.41, 5.74) is 3.33. The molecule has 0 N–H and O–H groups in total. The zero-order valence-corrected chi connectivity index (χ0v) is 15.4. The third-order valence-electron chi connectivity index (χ3n) is 3.99. The summed E-state index contributed by atoms with van der Waals surface area (Å²) in [6, 6.07) is 2.05. The van der Waals surface area contributed by atoms with Crippen molar-refractivity contribution in [3.8, 4) is 0 Å². The number of rotatable bonds is 7. The fraction of sp³-hybridized carbons (Fsp3) is 0.632. The van der Waals surface area contributed by atoms with Crippen LogP contribution in [0.5, 0.6) is 0 Å². The van der Waals surface area contributed by atoms with Gasteiger partial charge in [0.2, 0.25) is 0 Å². The van der Waals surface area contributed by atoms with Crippen LogP contribution in [-0.4, -0.2) is 23.5 Å². The Bertz CT molecular complexity index is 554. The maximum atomic E-state index is 6.48. The second-order valence-corrected chi connectivity index (χ2v) is 6.96. The zero-order valence-electron chi connectivity index (χ0n) is 14.7. The van der Waals surface area contributed by atoms with Gasteiger partial charge in [-0.1, -0.05) is 37.9 Å². The molecule has 0 radical (unpaired) electrons. The third-order valence-corrected chi connectivity index (χ3v) is 4.28. The molecule has 23 heavy (non-hydrogen) atoms. The van der Waals surface area contributed by atoms with Crippen molar-refractivity contribution in [1.82, 2.24) is 4.98 Å². The van der Waals surface area contributed by atoms with Gasteiger partial charge in [0.05, 0.1) is 23.4 Å². The Morgan fingerprint density at radius 2 is 2.22 bits per heavy atom. The van der Waals surface area contributed by atoms with Gasteiger partial charge in [-0.05, 0) is 56.7 Å². The summed E-state index contributed by atoms with van der Waals surface area (Å²) in [7, 11) is 0. The maximum Gasteiger partial charge on any atom is 0.163 e. The number of ether oxygens (including phenoxy) is 2. The van der Waals surface area contributed by atoms with Gasteiger partial charge >= 0.3 is 0 Å². The van der Waals surface area contributed by atoms with Crippen LogP contribution in [0.4, 0.5) is 0 Å². The summed E-state index contributed by atoms with van der Waals surface area (Å²) < 4.78 is 11.4. The molecule has 128 valence electrons. The first-order chi connectivity index (χ1) is 10.9. The molecule has 0 aromatic carbocycles. The number of pyridine rings is 1. The van der Waals surface area contributed by atoms with Crippen molar-refractivity contribution in [2.75, 3.05) is 6.61 Å². The Kier molecular flexibility index (Phi) is 6.63. The van der Waals surface area contributed by atoms with E-state index < -0.39 is 5.79 Å². The highest BCUT2D eigenvalue weighted by atomic mass is 35.5. The lowest BCUT2D eigenvalue weighted by Gasteiger charge is -2.17. The zero-order chi connectivity index (χ0) is 16.9. The van der Waals surface area contributed by atoms with Gasteiger partial charge in [0, 0.05) is 6.20 Å². The highest BCUT2D eigenvalue weighted by Gasteiger charge is 2.32. The van der Waals surface area contributed by atoms with E-state index in [2.05, 4.69) is 24.9 Å². The standard InChI is InChI=1S/C19H28ClNO2/c1-5-7-15(8-6-2)18-17(20)11-14(12-21-18)9-10-16-13-22-19(3,4)23-16/h7,11-12,16H,5-6,8-10,13H2,1-4H3/b15-7+/t16-/m0/s1. The van der Waals surface area contributed by atoms with Gasteiger partial charge in [-0.3, -0.25) is 4.98 Å². The van der Waals surface area contributed by atoms with Gasteiger partial charge in [-0.25, -0.2) is 0 Å². The van der Waals surface area contributed by atoms with E-state index in [1.165, 1.54) is 5.57 Å². The monoisotopic (exact) mass is 337 g/mol. The molecule has 1 fully saturated rings. The number of hydrogen-bond donors (Lipinski definition) is 0. The van der Waals surface area contributed by atoms with Crippen molar-refractivity contribution in [3.63, 3.8) is 0 Å². The van der Waals surface area contributed by atoms with Crippen molar-refractivity contribution in [1.29, 1.82) is 0 Å². The highest BCUT2D eigenvalue weighted by molar-refractivity contribution is 6.32. The van der Waals surface area contributed by atoms with Gasteiger partial charge in [-0.15, -0.1) is 0 Å². The van der Waals surface area contributed by atoms with Crippen molar-refractivity contribution in [2.45, 2.75) is 71.7 Å². The second kappa shape index (κ2) is 8.27. The SMILES string of the molecule is CC/C=C(\CCC)c1ncc(CC[C@H]2COC(C)(C)O2)cc1Cl. The number of halogens is 1. The molecule has 1 saturated heterocycles. The van der Waals surface area contributed by atoms with Crippen molar-refractivity contribution in [2.24, 2.45) is 0 Å². The minimum atomic E-state index is -0.454. The van der Waals surface area contributed by atoms with E-state index in [1.807, 2.05) is 26.1 Å². The van der Waals surface area contributed by atoms with E-state index in [1.54, 1.807) is 0 Å². The van der Waals surface area contributed by atoms with E-state index in [-0.39, 0.29) is 6.10 Å². The van der Waals surface area contributed by atoms with Crippen LogP contribution in [0.1, 0.15) is 64.6 Å². The van der Waals surface area contributed by atoms with Crippen molar-refractivity contribution in [3.05, 3.63) is 34.6 Å². The molecule has 0 amide bonds.